The van der Waals surface area contributed by atoms with E-state index in [0.717, 1.165) is 12.0 Å². The molecule has 2 atom stereocenters. The first kappa shape index (κ1) is 11.4. The molecule has 2 unspecified atom stereocenters. The lowest BCUT2D eigenvalue weighted by Crippen LogP contribution is -2.33. The molecule has 0 spiro atoms. The van der Waals surface area contributed by atoms with E-state index in [0.29, 0.717) is 5.41 Å². The van der Waals surface area contributed by atoms with E-state index >= 15 is 0 Å². The van der Waals surface area contributed by atoms with Crippen molar-refractivity contribution in [2.24, 2.45) is 11.3 Å². The number of hydrogen-bond acceptors (Lipinski definition) is 2. The van der Waals surface area contributed by atoms with Crippen molar-refractivity contribution >= 4 is 0 Å². The standard InChI is InChI=1S/C13H26N2/c1-13(2)6-4-12(8-13)14-9-11-5-7-15(3)10-11/h11-12,14H,4-10H2,1-3H3. The first-order valence-corrected chi connectivity index (χ1v) is 6.47. The Kier molecular flexibility index (Phi) is 3.36. The van der Waals surface area contributed by atoms with Crippen molar-refractivity contribution in [3.05, 3.63) is 0 Å². The summed E-state index contributed by atoms with van der Waals surface area (Å²) in [6.45, 7) is 8.63. The van der Waals surface area contributed by atoms with E-state index in [9.17, 15) is 0 Å². The summed E-state index contributed by atoms with van der Waals surface area (Å²) >= 11 is 0. The van der Waals surface area contributed by atoms with E-state index in [4.69, 9.17) is 0 Å². The summed E-state index contributed by atoms with van der Waals surface area (Å²) in [5.41, 5.74) is 0.587. The van der Waals surface area contributed by atoms with Gasteiger partial charge in [-0.1, -0.05) is 13.8 Å². The maximum atomic E-state index is 3.77. The Morgan fingerprint density at radius 2 is 2.13 bits per heavy atom. The predicted octanol–water partition coefficient (Wildman–Crippen LogP) is 2.11. The minimum absolute atomic E-state index is 0.587. The normalized spacial score (nSPS) is 36.2. The molecule has 2 aliphatic rings. The molecule has 88 valence electrons. The Morgan fingerprint density at radius 3 is 2.67 bits per heavy atom. The molecule has 1 saturated heterocycles. The van der Waals surface area contributed by atoms with Gasteiger partial charge in [-0.3, -0.25) is 0 Å². The number of rotatable bonds is 3. The highest BCUT2D eigenvalue weighted by atomic mass is 15.1. The van der Waals surface area contributed by atoms with Crippen LogP contribution in [0.1, 0.15) is 39.5 Å². The van der Waals surface area contributed by atoms with E-state index in [1.54, 1.807) is 0 Å². The molecular formula is C13H26N2. The van der Waals surface area contributed by atoms with Gasteiger partial charge in [-0.2, -0.15) is 0 Å². The molecule has 0 aromatic carbocycles. The molecular weight excluding hydrogens is 184 g/mol. The summed E-state index contributed by atoms with van der Waals surface area (Å²) < 4.78 is 0. The monoisotopic (exact) mass is 210 g/mol. The molecule has 0 aromatic heterocycles. The average Bonchev–Trinajstić information content (AvgIpc) is 2.69. The molecule has 1 aliphatic heterocycles. The van der Waals surface area contributed by atoms with Crippen LogP contribution in [0.3, 0.4) is 0 Å². The molecule has 2 heteroatoms. The van der Waals surface area contributed by atoms with Crippen LogP contribution in [0.25, 0.3) is 0 Å². The second-order valence-corrected chi connectivity index (χ2v) is 6.43. The molecule has 1 heterocycles. The number of hydrogen-bond donors (Lipinski definition) is 1. The maximum Gasteiger partial charge on any atom is 0.00724 e. The topological polar surface area (TPSA) is 15.3 Å². The van der Waals surface area contributed by atoms with Gasteiger partial charge in [0.2, 0.25) is 0 Å². The zero-order valence-electron chi connectivity index (χ0n) is 10.6. The second kappa shape index (κ2) is 4.42. The fourth-order valence-corrected chi connectivity index (χ4v) is 3.14. The van der Waals surface area contributed by atoms with Crippen LogP contribution in [-0.2, 0) is 0 Å². The van der Waals surface area contributed by atoms with Gasteiger partial charge in [0.1, 0.15) is 0 Å². The molecule has 1 saturated carbocycles. The van der Waals surface area contributed by atoms with Crippen LogP contribution in [0, 0.1) is 11.3 Å². The van der Waals surface area contributed by atoms with Gasteiger partial charge in [0.05, 0.1) is 0 Å². The van der Waals surface area contributed by atoms with Gasteiger partial charge in [-0.15, -0.1) is 0 Å². The molecule has 0 amide bonds. The lowest BCUT2D eigenvalue weighted by atomic mass is 9.92. The Labute approximate surface area is 94.4 Å². The fourth-order valence-electron chi connectivity index (χ4n) is 3.14. The van der Waals surface area contributed by atoms with Crippen molar-refractivity contribution in [2.75, 3.05) is 26.7 Å². The summed E-state index contributed by atoms with van der Waals surface area (Å²) in [4.78, 5) is 2.45. The maximum absolute atomic E-state index is 3.77. The van der Waals surface area contributed by atoms with Crippen LogP contribution in [0.5, 0.6) is 0 Å². The molecule has 0 bridgehead atoms. The third kappa shape index (κ3) is 3.18. The van der Waals surface area contributed by atoms with Gasteiger partial charge in [0, 0.05) is 12.6 Å². The summed E-state index contributed by atoms with van der Waals surface area (Å²) in [6.07, 6.45) is 5.54. The average molecular weight is 210 g/mol. The first-order chi connectivity index (χ1) is 7.05. The fraction of sp³-hybridized carbons (Fsp3) is 1.00. The van der Waals surface area contributed by atoms with E-state index in [2.05, 4.69) is 31.1 Å². The minimum atomic E-state index is 0.587. The van der Waals surface area contributed by atoms with Crippen molar-refractivity contribution in [1.29, 1.82) is 0 Å². The lowest BCUT2D eigenvalue weighted by Gasteiger charge is -2.19. The zero-order chi connectivity index (χ0) is 10.9. The minimum Gasteiger partial charge on any atom is -0.314 e. The largest absolute Gasteiger partial charge is 0.314 e. The van der Waals surface area contributed by atoms with Crippen molar-refractivity contribution in [1.82, 2.24) is 10.2 Å². The predicted molar refractivity (Wildman–Crippen MR) is 65.0 cm³/mol. The molecule has 2 rings (SSSR count). The molecule has 1 aliphatic carbocycles. The van der Waals surface area contributed by atoms with E-state index < -0.39 is 0 Å². The highest BCUT2D eigenvalue weighted by Gasteiger charge is 2.31. The van der Waals surface area contributed by atoms with Gasteiger partial charge in [0.15, 0.2) is 0 Å². The first-order valence-electron chi connectivity index (χ1n) is 6.47. The quantitative estimate of drug-likeness (QED) is 0.767. The van der Waals surface area contributed by atoms with Gasteiger partial charge in [0.25, 0.3) is 0 Å². The van der Waals surface area contributed by atoms with Gasteiger partial charge >= 0.3 is 0 Å². The zero-order valence-corrected chi connectivity index (χ0v) is 10.6. The SMILES string of the molecule is CN1CCC(CNC2CCC(C)(C)C2)C1. The number of nitrogens with zero attached hydrogens (tertiary/aromatic N) is 1. The van der Waals surface area contributed by atoms with Crippen molar-refractivity contribution in [3.8, 4) is 0 Å². The Hall–Kier alpha value is -0.0800. The summed E-state index contributed by atoms with van der Waals surface area (Å²) in [5, 5.41) is 3.77. The molecule has 1 N–H and O–H groups in total. The summed E-state index contributed by atoms with van der Waals surface area (Å²) in [5.74, 6) is 0.902. The van der Waals surface area contributed by atoms with Crippen molar-refractivity contribution < 1.29 is 0 Å². The number of likely N-dealkylation sites (tertiary alicyclic amines) is 1. The van der Waals surface area contributed by atoms with E-state index in [1.807, 2.05) is 0 Å². The second-order valence-electron chi connectivity index (χ2n) is 6.43. The molecule has 15 heavy (non-hydrogen) atoms. The van der Waals surface area contributed by atoms with Crippen LogP contribution < -0.4 is 5.32 Å². The lowest BCUT2D eigenvalue weighted by molar-refractivity contribution is 0.350. The van der Waals surface area contributed by atoms with Crippen LogP contribution in [-0.4, -0.2) is 37.6 Å². The Bertz CT molecular complexity index is 213. The summed E-state index contributed by atoms with van der Waals surface area (Å²) in [7, 11) is 2.23. The van der Waals surface area contributed by atoms with Crippen molar-refractivity contribution in [2.45, 2.75) is 45.6 Å². The van der Waals surface area contributed by atoms with Crippen molar-refractivity contribution in [3.63, 3.8) is 0 Å². The van der Waals surface area contributed by atoms with Crippen LogP contribution in [0.2, 0.25) is 0 Å². The smallest absolute Gasteiger partial charge is 0.00724 e. The molecule has 0 radical (unpaired) electrons. The van der Waals surface area contributed by atoms with Crippen LogP contribution in [0.4, 0.5) is 0 Å². The Morgan fingerprint density at radius 1 is 1.33 bits per heavy atom. The Balaban J connectivity index is 1.66. The van der Waals surface area contributed by atoms with Crippen LogP contribution >= 0.6 is 0 Å². The molecule has 2 fully saturated rings. The van der Waals surface area contributed by atoms with E-state index in [1.165, 1.54) is 45.3 Å². The highest BCUT2D eigenvalue weighted by molar-refractivity contribution is 4.87. The van der Waals surface area contributed by atoms with E-state index in [-0.39, 0.29) is 0 Å². The molecule has 2 nitrogen and oxygen atoms in total. The molecule has 0 aromatic rings. The third-order valence-corrected chi connectivity index (χ3v) is 4.15. The van der Waals surface area contributed by atoms with Gasteiger partial charge in [-0.25, -0.2) is 0 Å². The van der Waals surface area contributed by atoms with Gasteiger partial charge < -0.3 is 10.2 Å². The number of nitrogens with one attached hydrogen (secondary N) is 1. The van der Waals surface area contributed by atoms with Gasteiger partial charge in [-0.05, 0) is 57.2 Å². The highest BCUT2D eigenvalue weighted by Crippen LogP contribution is 2.36. The third-order valence-electron chi connectivity index (χ3n) is 4.15. The summed E-state index contributed by atoms with van der Waals surface area (Å²) in [6, 6.07) is 0.797. The van der Waals surface area contributed by atoms with Crippen LogP contribution in [0.15, 0.2) is 0 Å².